The third kappa shape index (κ3) is 4.11. The van der Waals surface area contributed by atoms with Crippen LogP contribution in [0.4, 0.5) is 4.79 Å². The van der Waals surface area contributed by atoms with Crippen LogP contribution in [0.25, 0.3) is 10.9 Å². The van der Waals surface area contributed by atoms with Crippen molar-refractivity contribution in [3.05, 3.63) is 24.2 Å². The molecule has 0 spiro atoms. The molecule has 1 aromatic carbocycles. The molecule has 1 aliphatic heterocycles. The minimum absolute atomic E-state index is 0.365. The molecule has 8 nitrogen and oxygen atoms in total. The third-order valence-electron chi connectivity index (χ3n) is 5.15. The fourth-order valence-electron chi connectivity index (χ4n) is 3.61. The minimum Gasteiger partial charge on any atom is -0.493 e. The summed E-state index contributed by atoms with van der Waals surface area (Å²) in [6.07, 6.45) is 2.94. The number of nitrogens with zero attached hydrogens (tertiary/aromatic N) is 3. The van der Waals surface area contributed by atoms with E-state index >= 15 is 0 Å². The molecular weight excluding hydrogens is 374 g/mol. The Morgan fingerprint density at radius 2 is 1.72 bits per heavy atom. The highest BCUT2D eigenvalue weighted by atomic mass is 16.6. The molecule has 1 saturated heterocycles. The molecule has 0 bridgehead atoms. The van der Waals surface area contributed by atoms with Crippen LogP contribution in [0.15, 0.2) is 18.5 Å². The quantitative estimate of drug-likeness (QED) is 0.727. The van der Waals surface area contributed by atoms with E-state index in [0.29, 0.717) is 48.6 Å². The van der Waals surface area contributed by atoms with Crippen LogP contribution in [-0.2, 0) is 14.9 Å². The SMILES string of the molecule is COc1cc2ncnc(C3(C=O)CCN(C(=O)OC(C)(C)C)CC3)c2cc1OC. The largest absolute Gasteiger partial charge is 0.493 e. The number of carbonyl (C=O) groups is 2. The Bertz CT molecular complexity index is 914. The number of fused-ring (bicyclic) bond motifs is 1. The summed E-state index contributed by atoms with van der Waals surface area (Å²) in [5, 5.41) is 0.739. The Morgan fingerprint density at radius 1 is 1.10 bits per heavy atom. The molecule has 2 heterocycles. The van der Waals surface area contributed by atoms with E-state index in [1.54, 1.807) is 31.3 Å². The van der Waals surface area contributed by atoms with E-state index in [9.17, 15) is 9.59 Å². The van der Waals surface area contributed by atoms with Gasteiger partial charge in [0, 0.05) is 24.5 Å². The van der Waals surface area contributed by atoms with E-state index in [4.69, 9.17) is 14.2 Å². The highest BCUT2D eigenvalue weighted by Gasteiger charge is 2.40. The lowest BCUT2D eigenvalue weighted by molar-refractivity contribution is -0.114. The zero-order valence-electron chi connectivity index (χ0n) is 17.5. The van der Waals surface area contributed by atoms with Crippen molar-refractivity contribution >= 4 is 23.3 Å². The fourth-order valence-corrected chi connectivity index (χ4v) is 3.61. The van der Waals surface area contributed by atoms with Crippen LogP contribution < -0.4 is 9.47 Å². The topological polar surface area (TPSA) is 90.9 Å². The number of amides is 1. The Labute approximate surface area is 170 Å². The number of hydrogen-bond donors (Lipinski definition) is 0. The maximum absolute atomic E-state index is 12.4. The molecule has 0 aliphatic carbocycles. The van der Waals surface area contributed by atoms with Gasteiger partial charge in [-0.2, -0.15) is 0 Å². The number of hydrogen-bond acceptors (Lipinski definition) is 7. The van der Waals surface area contributed by atoms with E-state index in [2.05, 4.69) is 9.97 Å². The number of aromatic nitrogens is 2. The molecule has 0 unspecified atom stereocenters. The van der Waals surface area contributed by atoms with Crippen molar-refractivity contribution in [1.29, 1.82) is 0 Å². The molecule has 0 saturated carbocycles. The molecule has 29 heavy (non-hydrogen) atoms. The molecule has 156 valence electrons. The van der Waals surface area contributed by atoms with Gasteiger partial charge in [-0.05, 0) is 39.7 Å². The van der Waals surface area contributed by atoms with Gasteiger partial charge in [0.05, 0.1) is 30.8 Å². The van der Waals surface area contributed by atoms with Gasteiger partial charge in [0.25, 0.3) is 0 Å². The lowest BCUT2D eigenvalue weighted by atomic mass is 9.75. The number of piperidine rings is 1. The van der Waals surface area contributed by atoms with Crippen LogP contribution in [0.5, 0.6) is 11.5 Å². The van der Waals surface area contributed by atoms with E-state index in [1.165, 1.54) is 6.33 Å². The molecule has 1 aliphatic rings. The van der Waals surface area contributed by atoms with Crippen LogP contribution in [0, 0.1) is 0 Å². The summed E-state index contributed by atoms with van der Waals surface area (Å²) in [5.41, 5.74) is -0.0561. The van der Waals surface area contributed by atoms with Crippen molar-refractivity contribution in [2.75, 3.05) is 27.3 Å². The molecule has 0 atom stereocenters. The highest BCUT2D eigenvalue weighted by Crippen LogP contribution is 2.39. The van der Waals surface area contributed by atoms with Gasteiger partial charge < -0.3 is 23.9 Å². The highest BCUT2D eigenvalue weighted by molar-refractivity contribution is 5.89. The molecule has 8 heteroatoms. The Balaban J connectivity index is 1.94. The molecule has 3 rings (SSSR count). The van der Waals surface area contributed by atoms with Gasteiger partial charge in [0.2, 0.25) is 0 Å². The first-order valence-corrected chi connectivity index (χ1v) is 9.54. The second kappa shape index (κ2) is 7.85. The summed E-state index contributed by atoms with van der Waals surface area (Å²) in [5.74, 6) is 1.10. The third-order valence-corrected chi connectivity index (χ3v) is 5.15. The molecule has 1 fully saturated rings. The maximum Gasteiger partial charge on any atom is 0.410 e. The molecular formula is C21H27N3O5. The second-order valence-corrected chi connectivity index (χ2v) is 8.19. The van der Waals surface area contributed by atoms with Crippen molar-refractivity contribution in [3.63, 3.8) is 0 Å². The van der Waals surface area contributed by atoms with Crippen molar-refractivity contribution in [2.24, 2.45) is 0 Å². The van der Waals surface area contributed by atoms with Gasteiger partial charge in [-0.3, -0.25) is 0 Å². The monoisotopic (exact) mass is 401 g/mol. The van der Waals surface area contributed by atoms with Crippen LogP contribution in [0.2, 0.25) is 0 Å². The number of ether oxygens (including phenoxy) is 3. The smallest absolute Gasteiger partial charge is 0.410 e. The van der Waals surface area contributed by atoms with Gasteiger partial charge in [-0.25, -0.2) is 14.8 Å². The number of benzene rings is 1. The molecule has 1 aromatic heterocycles. The Morgan fingerprint density at radius 3 is 2.28 bits per heavy atom. The summed E-state index contributed by atoms with van der Waals surface area (Å²) < 4.78 is 16.2. The molecule has 2 aromatic rings. The Hall–Kier alpha value is -2.90. The van der Waals surface area contributed by atoms with Gasteiger partial charge in [0.15, 0.2) is 11.5 Å². The first-order valence-electron chi connectivity index (χ1n) is 9.54. The summed E-state index contributed by atoms with van der Waals surface area (Å²) in [6.45, 7) is 6.32. The second-order valence-electron chi connectivity index (χ2n) is 8.19. The summed E-state index contributed by atoms with van der Waals surface area (Å²) in [4.78, 5) is 35.1. The van der Waals surface area contributed by atoms with Crippen molar-refractivity contribution in [3.8, 4) is 11.5 Å². The molecule has 0 N–H and O–H groups in total. The van der Waals surface area contributed by atoms with Crippen LogP contribution in [0.1, 0.15) is 39.3 Å². The Kier molecular flexibility index (Phi) is 5.64. The predicted molar refractivity (Wildman–Crippen MR) is 107 cm³/mol. The zero-order chi connectivity index (χ0) is 21.2. The first-order chi connectivity index (χ1) is 13.7. The van der Waals surface area contributed by atoms with Gasteiger partial charge in [-0.1, -0.05) is 0 Å². The number of likely N-dealkylation sites (tertiary alicyclic amines) is 1. The minimum atomic E-state index is -0.806. The van der Waals surface area contributed by atoms with Gasteiger partial charge >= 0.3 is 6.09 Å². The van der Waals surface area contributed by atoms with E-state index in [1.807, 2.05) is 20.8 Å². The lowest BCUT2D eigenvalue weighted by Crippen LogP contribution is -2.47. The van der Waals surface area contributed by atoms with Crippen molar-refractivity contribution in [1.82, 2.24) is 14.9 Å². The van der Waals surface area contributed by atoms with Gasteiger partial charge in [0.1, 0.15) is 18.2 Å². The van der Waals surface area contributed by atoms with Crippen LogP contribution in [-0.4, -0.2) is 60.2 Å². The molecule has 0 radical (unpaired) electrons. The first kappa shape index (κ1) is 20.8. The number of methoxy groups -OCH3 is 2. The average Bonchev–Trinajstić information content (AvgIpc) is 2.71. The van der Waals surface area contributed by atoms with E-state index in [-0.39, 0.29) is 6.09 Å². The van der Waals surface area contributed by atoms with Gasteiger partial charge in [-0.15, -0.1) is 0 Å². The zero-order valence-corrected chi connectivity index (χ0v) is 17.5. The predicted octanol–water partition coefficient (Wildman–Crippen LogP) is 3.11. The van der Waals surface area contributed by atoms with Crippen molar-refractivity contribution in [2.45, 2.75) is 44.6 Å². The summed E-state index contributed by atoms with van der Waals surface area (Å²) in [7, 11) is 3.12. The standard InChI is InChI=1S/C21H27N3O5/c1-20(2,3)29-19(26)24-8-6-21(12-25,7-9-24)18-14-10-16(27-4)17(28-5)11-15(14)22-13-23-18/h10-13H,6-9H2,1-5H3. The van der Waals surface area contributed by atoms with Crippen LogP contribution >= 0.6 is 0 Å². The number of carbonyl (C=O) groups excluding carboxylic acids is 2. The van der Waals surface area contributed by atoms with E-state index < -0.39 is 11.0 Å². The van der Waals surface area contributed by atoms with E-state index in [0.717, 1.165) is 11.7 Å². The lowest BCUT2D eigenvalue weighted by Gasteiger charge is -2.38. The average molecular weight is 401 g/mol. The normalized spacial score (nSPS) is 16.4. The molecule has 1 amide bonds. The number of aldehydes is 1. The summed E-state index contributed by atoms with van der Waals surface area (Å²) in [6, 6.07) is 3.57. The maximum atomic E-state index is 12.4. The number of rotatable bonds is 4. The van der Waals surface area contributed by atoms with Crippen LogP contribution in [0.3, 0.4) is 0 Å². The van der Waals surface area contributed by atoms with Crippen molar-refractivity contribution < 1.29 is 23.8 Å². The fraction of sp³-hybridized carbons (Fsp3) is 0.524. The summed E-state index contributed by atoms with van der Waals surface area (Å²) >= 11 is 0.